The molecule has 1 N–H and O–H groups in total. The van der Waals surface area contributed by atoms with Crippen molar-refractivity contribution in [3.05, 3.63) is 22.7 Å². The zero-order chi connectivity index (χ0) is 16.2. The van der Waals surface area contributed by atoms with E-state index in [0.29, 0.717) is 16.8 Å². The van der Waals surface area contributed by atoms with Crippen LogP contribution in [-0.2, 0) is 14.8 Å². The Bertz CT molecular complexity index is 615. The molecule has 6 nitrogen and oxygen atoms in total. The van der Waals surface area contributed by atoms with Crippen molar-refractivity contribution in [1.29, 1.82) is 0 Å². The average Bonchev–Trinajstić information content (AvgIpc) is 2.37. The lowest BCUT2D eigenvalue weighted by Gasteiger charge is -2.24. The molecular formula is C13H18BrNO5S. The Kier molecular flexibility index (Phi) is 6.18. The van der Waals surface area contributed by atoms with Crippen molar-refractivity contribution in [2.24, 2.45) is 0 Å². The highest BCUT2D eigenvalue weighted by Crippen LogP contribution is 2.29. The van der Waals surface area contributed by atoms with E-state index in [9.17, 15) is 13.2 Å². The number of carbonyl (C=O) groups is 1. The molecular weight excluding hydrogens is 362 g/mol. The van der Waals surface area contributed by atoms with Gasteiger partial charge in [0.2, 0.25) is 10.0 Å². The summed E-state index contributed by atoms with van der Waals surface area (Å²) in [6.07, 6.45) is 0. The molecule has 0 bridgehead atoms. The number of hydrogen-bond donors (Lipinski definition) is 1. The van der Waals surface area contributed by atoms with Gasteiger partial charge in [0.25, 0.3) is 0 Å². The highest BCUT2D eigenvalue weighted by atomic mass is 79.9. The molecule has 0 saturated carbocycles. The second kappa shape index (κ2) is 7.24. The maximum Gasteiger partial charge on any atom is 0.318 e. The summed E-state index contributed by atoms with van der Waals surface area (Å²) in [5.41, 5.74) is 0. The van der Waals surface area contributed by atoms with Crippen molar-refractivity contribution in [2.45, 2.75) is 31.7 Å². The lowest BCUT2D eigenvalue weighted by atomic mass is 10.3. The van der Waals surface area contributed by atoms with E-state index in [1.54, 1.807) is 19.9 Å². The molecule has 0 heterocycles. The van der Waals surface area contributed by atoms with Crippen molar-refractivity contribution in [1.82, 2.24) is 4.31 Å². The summed E-state index contributed by atoms with van der Waals surface area (Å²) in [6, 6.07) is 3.90. The first-order chi connectivity index (χ1) is 9.70. The summed E-state index contributed by atoms with van der Waals surface area (Å²) < 4.78 is 31.8. The lowest BCUT2D eigenvalue weighted by molar-refractivity contribution is -0.137. The second-order valence-electron chi connectivity index (χ2n) is 4.56. The highest BCUT2D eigenvalue weighted by Gasteiger charge is 2.29. The van der Waals surface area contributed by atoms with Gasteiger partial charge < -0.3 is 9.84 Å². The molecule has 1 aromatic carbocycles. The molecule has 0 spiro atoms. The molecule has 8 heteroatoms. The van der Waals surface area contributed by atoms with Crippen LogP contribution in [0.25, 0.3) is 0 Å². The molecule has 0 saturated heterocycles. The minimum absolute atomic E-state index is 0.0211. The number of sulfonamides is 1. The predicted molar refractivity (Wildman–Crippen MR) is 82.0 cm³/mol. The number of ether oxygens (including phenoxy) is 1. The van der Waals surface area contributed by atoms with Crippen LogP contribution in [0.3, 0.4) is 0 Å². The van der Waals surface area contributed by atoms with Crippen molar-refractivity contribution < 1.29 is 23.1 Å². The third kappa shape index (κ3) is 4.42. The molecule has 0 amide bonds. The van der Waals surface area contributed by atoms with Crippen LogP contribution in [0.2, 0.25) is 0 Å². The fourth-order valence-electron chi connectivity index (χ4n) is 1.73. The Morgan fingerprint density at radius 1 is 1.43 bits per heavy atom. The maximum absolute atomic E-state index is 12.5. The average molecular weight is 380 g/mol. The zero-order valence-electron chi connectivity index (χ0n) is 12.0. The predicted octanol–water partition coefficient (Wildman–Crippen LogP) is 2.33. The van der Waals surface area contributed by atoms with Gasteiger partial charge in [-0.25, -0.2) is 8.42 Å². The van der Waals surface area contributed by atoms with Crippen molar-refractivity contribution in [3.8, 4) is 5.75 Å². The topological polar surface area (TPSA) is 83.9 Å². The molecule has 0 aromatic heterocycles. The van der Waals surface area contributed by atoms with E-state index in [2.05, 4.69) is 15.9 Å². The summed E-state index contributed by atoms with van der Waals surface area (Å²) in [5.74, 6) is -0.664. The van der Waals surface area contributed by atoms with Crippen LogP contribution in [0.5, 0.6) is 5.75 Å². The number of carboxylic acid groups (broad SMARTS) is 1. The SMILES string of the molecule is CCOc1ccc(S(=O)(=O)N(CC(=O)O)C(C)C)cc1Br. The van der Waals surface area contributed by atoms with E-state index in [1.807, 2.05) is 6.92 Å². The van der Waals surface area contributed by atoms with Gasteiger partial charge in [-0.2, -0.15) is 4.31 Å². The fourth-order valence-corrected chi connectivity index (χ4v) is 3.99. The Morgan fingerprint density at radius 2 is 2.05 bits per heavy atom. The maximum atomic E-state index is 12.5. The van der Waals surface area contributed by atoms with E-state index in [0.717, 1.165) is 4.31 Å². The van der Waals surface area contributed by atoms with Crippen molar-refractivity contribution in [2.75, 3.05) is 13.2 Å². The molecule has 118 valence electrons. The van der Waals surface area contributed by atoms with Gasteiger partial charge in [-0.15, -0.1) is 0 Å². The first-order valence-electron chi connectivity index (χ1n) is 6.36. The molecule has 0 atom stereocenters. The largest absolute Gasteiger partial charge is 0.493 e. The number of rotatable bonds is 7. The molecule has 0 aliphatic carbocycles. The Morgan fingerprint density at radius 3 is 2.48 bits per heavy atom. The summed E-state index contributed by atoms with van der Waals surface area (Å²) in [4.78, 5) is 10.9. The van der Waals surface area contributed by atoms with Gasteiger partial charge in [0.15, 0.2) is 0 Å². The number of halogens is 1. The minimum Gasteiger partial charge on any atom is -0.493 e. The van der Waals surface area contributed by atoms with E-state index in [-0.39, 0.29) is 4.90 Å². The van der Waals surface area contributed by atoms with E-state index >= 15 is 0 Å². The number of benzene rings is 1. The number of hydrogen-bond acceptors (Lipinski definition) is 4. The summed E-state index contributed by atoms with van der Waals surface area (Å²) in [5, 5.41) is 8.88. The van der Waals surface area contributed by atoms with E-state index in [4.69, 9.17) is 9.84 Å². The van der Waals surface area contributed by atoms with Gasteiger partial charge in [-0.05, 0) is 54.9 Å². The van der Waals surface area contributed by atoms with Crippen molar-refractivity contribution in [3.63, 3.8) is 0 Å². The molecule has 1 aromatic rings. The number of nitrogens with zero attached hydrogens (tertiary/aromatic N) is 1. The van der Waals surface area contributed by atoms with Crippen LogP contribution in [-0.4, -0.2) is 43.0 Å². The minimum atomic E-state index is -3.88. The first kappa shape index (κ1) is 17.9. The standard InChI is InChI=1S/C13H18BrNO5S/c1-4-20-12-6-5-10(7-11(12)14)21(18,19)15(9(2)3)8-13(16)17/h5-7,9H,4,8H2,1-3H3,(H,16,17). The van der Waals surface area contributed by atoms with Crippen LogP contribution < -0.4 is 4.74 Å². The second-order valence-corrected chi connectivity index (χ2v) is 7.31. The van der Waals surface area contributed by atoms with Crippen LogP contribution in [0, 0.1) is 0 Å². The van der Waals surface area contributed by atoms with Gasteiger partial charge in [-0.3, -0.25) is 4.79 Å². The Hall–Kier alpha value is -1.12. The van der Waals surface area contributed by atoms with Crippen LogP contribution >= 0.6 is 15.9 Å². The van der Waals surface area contributed by atoms with Gasteiger partial charge in [0, 0.05) is 6.04 Å². The quantitative estimate of drug-likeness (QED) is 0.785. The smallest absolute Gasteiger partial charge is 0.318 e. The van der Waals surface area contributed by atoms with Gasteiger partial charge in [-0.1, -0.05) is 0 Å². The molecule has 0 fully saturated rings. The van der Waals surface area contributed by atoms with E-state index < -0.39 is 28.6 Å². The molecule has 0 unspecified atom stereocenters. The molecule has 1 rings (SSSR count). The Labute approximate surface area is 132 Å². The zero-order valence-corrected chi connectivity index (χ0v) is 14.4. The van der Waals surface area contributed by atoms with Crippen LogP contribution in [0.15, 0.2) is 27.6 Å². The molecule has 0 aliphatic rings. The third-order valence-electron chi connectivity index (χ3n) is 2.68. The monoisotopic (exact) mass is 379 g/mol. The summed E-state index contributed by atoms with van der Waals surface area (Å²) in [6.45, 7) is 4.96. The lowest BCUT2D eigenvalue weighted by Crippen LogP contribution is -2.40. The summed E-state index contributed by atoms with van der Waals surface area (Å²) in [7, 11) is -3.88. The first-order valence-corrected chi connectivity index (χ1v) is 8.59. The number of carboxylic acids is 1. The molecule has 0 radical (unpaired) electrons. The van der Waals surface area contributed by atoms with Gasteiger partial charge >= 0.3 is 5.97 Å². The Balaban J connectivity index is 3.22. The fraction of sp³-hybridized carbons (Fsp3) is 0.462. The van der Waals surface area contributed by atoms with Crippen LogP contribution in [0.4, 0.5) is 0 Å². The molecule has 21 heavy (non-hydrogen) atoms. The molecule has 0 aliphatic heterocycles. The van der Waals surface area contributed by atoms with Crippen LogP contribution in [0.1, 0.15) is 20.8 Å². The third-order valence-corrected chi connectivity index (χ3v) is 5.31. The van der Waals surface area contributed by atoms with E-state index in [1.165, 1.54) is 12.1 Å². The summed E-state index contributed by atoms with van der Waals surface area (Å²) >= 11 is 3.25. The van der Waals surface area contributed by atoms with Gasteiger partial charge in [0.05, 0.1) is 16.0 Å². The normalized spacial score (nSPS) is 11.9. The van der Waals surface area contributed by atoms with Crippen molar-refractivity contribution >= 4 is 31.9 Å². The number of aliphatic carboxylic acids is 1. The van der Waals surface area contributed by atoms with Gasteiger partial charge in [0.1, 0.15) is 12.3 Å². The highest BCUT2D eigenvalue weighted by molar-refractivity contribution is 9.10.